The predicted octanol–water partition coefficient (Wildman–Crippen LogP) is 4.18. The van der Waals surface area contributed by atoms with Crippen LogP contribution in [0.25, 0.3) is 0 Å². The normalized spacial score (nSPS) is 48.1. The number of hydrogen-bond acceptors (Lipinski definition) is 4. The molecule has 26 heavy (non-hydrogen) atoms. The number of oxime groups is 1. The molecule has 4 rings (SSSR count). The van der Waals surface area contributed by atoms with E-state index in [9.17, 15) is 4.79 Å². The molecule has 0 aromatic rings. The highest BCUT2D eigenvalue weighted by atomic mass is 16.6. The molecule has 146 valence electrons. The van der Waals surface area contributed by atoms with Crippen molar-refractivity contribution in [2.24, 2.45) is 51.3 Å². The molecule has 0 amide bonds. The summed E-state index contributed by atoms with van der Waals surface area (Å²) in [5.74, 6) is 4.21. The molecule has 0 heterocycles. The van der Waals surface area contributed by atoms with Crippen LogP contribution in [0, 0.1) is 40.4 Å². The largest absolute Gasteiger partial charge is 0.395 e. The van der Waals surface area contributed by atoms with Gasteiger partial charge in [0.05, 0.1) is 0 Å². The number of rotatable bonds is 4. The highest BCUT2D eigenvalue weighted by Gasteiger charge is 2.60. The first kappa shape index (κ1) is 18.5. The third-order valence-corrected chi connectivity index (χ3v) is 8.97. The summed E-state index contributed by atoms with van der Waals surface area (Å²) in [6.07, 6.45) is 12.9. The Morgan fingerprint density at radius 1 is 1.15 bits per heavy atom. The lowest BCUT2D eigenvalue weighted by Gasteiger charge is -2.60. The lowest BCUT2D eigenvalue weighted by atomic mass is 9.45. The van der Waals surface area contributed by atoms with Crippen molar-refractivity contribution in [1.29, 1.82) is 0 Å². The first-order valence-corrected chi connectivity index (χ1v) is 10.9. The molecule has 0 aromatic carbocycles. The zero-order valence-corrected chi connectivity index (χ0v) is 16.6. The van der Waals surface area contributed by atoms with Gasteiger partial charge in [-0.2, -0.15) is 0 Å². The smallest absolute Gasteiger partial charge is 0.139 e. The third kappa shape index (κ3) is 2.83. The molecular weight excluding hydrogens is 324 g/mol. The van der Waals surface area contributed by atoms with Crippen molar-refractivity contribution in [2.75, 3.05) is 13.2 Å². The minimum absolute atomic E-state index is 0.00849. The van der Waals surface area contributed by atoms with E-state index in [1.54, 1.807) is 0 Å². The van der Waals surface area contributed by atoms with Gasteiger partial charge in [0.25, 0.3) is 0 Å². The van der Waals surface area contributed by atoms with Crippen LogP contribution in [0.15, 0.2) is 5.16 Å². The van der Waals surface area contributed by atoms with E-state index in [4.69, 9.17) is 10.6 Å². The standard InChI is InChI=1S/C22H36N2O2/c1-21-9-7-15(14-24-26-12-11-23)13-16(21)3-4-17-18-5-6-20(25)22(18,2)10-8-19(17)21/h14-19H,3-13,23H2,1-2H3/t15-,16?,17?,18?,19?,21-,22-/m0/s1. The van der Waals surface area contributed by atoms with Crippen LogP contribution in [0.3, 0.4) is 0 Å². The molecule has 0 aromatic heterocycles. The van der Waals surface area contributed by atoms with Crippen LogP contribution in [0.1, 0.15) is 71.6 Å². The summed E-state index contributed by atoms with van der Waals surface area (Å²) in [5, 5.41) is 4.15. The number of ketones is 1. The van der Waals surface area contributed by atoms with Crippen LogP contribution < -0.4 is 5.73 Å². The van der Waals surface area contributed by atoms with Crippen molar-refractivity contribution < 1.29 is 9.63 Å². The summed E-state index contributed by atoms with van der Waals surface area (Å²) in [5.41, 5.74) is 5.93. The van der Waals surface area contributed by atoms with Crippen molar-refractivity contribution in [1.82, 2.24) is 0 Å². The van der Waals surface area contributed by atoms with Crippen LogP contribution in [-0.2, 0) is 9.63 Å². The number of fused-ring (bicyclic) bond motifs is 5. The SMILES string of the molecule is C[C@]12CC[C@H](C=NOCCN)CC1CCC1C2CC[C@]2(C)C(=O)CCC12. The highest BCUT2D eigenvalue weighted by molar-refractivity contribution is 5.87. The van der Waals surface area contributed by atoms with Crippen molar-refractivity contribution >= 4 is 12.0 Å². The average Bonchev–Trinajstić information content (AvgIpc) is 2.94. The van der Waals surface area contributed by atoms with Gasteiger partial charge in [-0.15, -0.1) is 0 Å². The minimum Gasteiger partial charge on any atom is -0.395 e. The Morgan fingerprint density at radius 2 is 2.00 bits per heavy atom. The van der Waals surface area contributed by atoms with Gasteiger partial charge < -0.3 is 10.6 Å². The summed E-state index contributed by atoms with van der Waals surface area (Å²) in [6, 6.07) is 0. The summed E-state index contributed by atoms with van der Waals surface area (Å²) in [7, 11) is 0. The van der Waals surface area contributed by atoms with Gasteiger partial charge in [0.1, 0.15) is 12.4 Å². The van der Waals surface area contributed by atoms with E-state index in [-0.39, 0.29) is 5.41 Å². The molecule has 4 unspecified atom stereocenters. The fourth-order valence-corrected chi connectivity index (χ4v) is 7.43. The van der Waals surface area contributed by atoms with E-state index in [0.29, 0.717) is 36.2 Å². The molecule has 4 nitrogen and oxygen atoms in total. The Hall–Kier alpha value is -0.900. The molecule has 4 fully saturated rings. The third-order valence-electron chi connectivity index (χ3n) is 8.97. The monoisotopic (exact) mass is 360 g/mol. The van der Waals surface area contributed by atoms with E-state index in [1.165, 1.54) is 38.5 Å². The molecule has 4 saturated carbocycles. The molecule has 4 aliphatic carbocycles. The maximum atomic E-state index is 12.5. The first-order valence-electron chi connectivity index (χ1n) is 10.9. The van der Waals surface area contributed by atoms with Crippen LogP contribution in [-0.4, -0.2) is 25.1 Å². The molecule has 0 aliphatic heterocycles. The van der Waals surface area contributed by atoms with Gasteiger partial charge in [-0.1, -0.05) is 19.0 Å². The van der Waals surface area contributed by atoms with Gasteiger partial charge in [0.15, 0.2) is 0 Å². The fraction of sp³-hybridized carbons (Fsp3) is 0.909. The topological polar surface area (TPSA) is 64.7 Å². The molecule has 7 atom stereocenters. The molecule has 4 heteroatoms. The molecule has 2 N–H and O–H groups in total. The molecule has 0 radical (unpaired) electrons. The zero-order chi connectivity index (χ0) is 18.4. The van der Waals surface area contributed by atoms with Gasteiger partial charge in [-0.05, 0) is 86.4 Å². The van der Waals surface area contributed by atoms with Gasteiger partial charge >= 0.3 is 0 Å². The molecule has 4 aliphatic rings. The maximum absolute atomic E-state index is 12.5. The van der Waals surface area contributed by atoms with Crippen LogP contribution in [0.5, 0.6) is 0 Å². The van der Waals surface area contributed by atoms with Crippen LogP contribution >= 0.6 is 0 Å². The maximum Gasteiger partial charge on any atom is 0.139 e. The fourth-order valence-electron chi connectivity index (χ4n) is 7.43. The lowest BCUT2D eigenvalue weighted by molar-refractivity contribution is -0.139. The van der Waals surface area contributed by atoms with E-state index >= 15 is 0 Å². The quantitative estimate of drug-likeness (QED) is 0.465. The lowest BCUT2D eigenvalue weighted by Crippen LogP contribution is -2.53. The van der Waals surface area contributed by atoms with Gasteiger partial charge in [-0.25, -0.2) is 0 Å². The van der Waals surface area contributed by atoms with E-state index in [1.807, 2.05) is 6.21 Å². The second-order valence-corrected chi connectivity index (χ2v) is 9.99. The highest BCUT2D eigenvalue weighted by Crippen LogP contribution is 2.65. The van der Waals surface area contributed by atoms with Gasteiger partial charge in [0, 0.05) is 24.6 Å². The second kappa shape index (κ2) is 6.92. The summed E-state index contributed by atoms with van der Waals surface area (Å²) in [6.45, 7) is 5.89. The van der Waals surface area contributed by atoms with E-state index in [0.717, 1.165) is 37.0 Å². The Labute approximate surface area is 158 Å². The number of carbonyl (C=O) groups is 1. The van der Waals surface area contributed by atoms with E-state index in [2.05, 4.69) is 19.0 Å². The molecule has 0 bridgehead atoms. The number of Topliss-reactive ketones (excluding diaryl/α,β-unsaturated/α-hetero) is 1. The van der Waals surface area contributed by atoms with Gasteiger partial charge in [-0.3, -0.25) is 4.79 Å². The Balaban J connectivity index is 1.46. The summed E-state index contributed by atoms with van der Waals surface area (Å²) < 4.78 is 0. The molecule has 0 spiro atoms. The average molecular weight is 361 g/mol. The number of carbonyl (C=O) groups excluding carboxylic acids is 1. The van der Waals surface area contributed by atoms with Crippen LogP contribution in [0.2, 0.25) is 0 Å². The first-order chi connectivity index (χ1) is 12.5. The second-order valence-electron chi connectivity index (χ2n) is 9.99. The van der Waals surface area contributed by atoms with E-state index < -0.39 is 0 Å². The van der Waals surface area contributed by atoms with Crippen molar-refractivity contribution in [3.63, 3.8) is 0 Å². The Morgan fingerprint density at radius 3 is 2.81 bits per heavy atom. The molecular formula is C22H36N2O2. The Bertz CT molecular complexity index is 576. The van der Waals surface area contributed by atoms with Crippen molar-refractivity contribution in [3.8, 4) is 0 Å². The van der Waals surface area contributed by atoms with Crippen LogP contribution in [0.4, 0.5) is 0 Å². The summed E-state index contributed by atoms with van der Waals surface area (Å²) in [4.78, 5) is 17.7. The van der Waals surface area contributed by atoms with Gasteiger partial charge in [0.2, 0.25) is 0 Å². The minimum atomic E-state index is 0.00849. The zero-order valence-electron chi connectivity index (χ0n) is 16.6. The summed E-state index contributed by atoms with van der Waals surface area (Å²) >= 11 is 0. The van der Waals surface area contributed by atoms with Crippen molar-refractivity contribution in [3.05, 3.63) is 0 Å². The number of nitrogens with zero attached hydrogens (tertiary/aromatic N) is 1. The number of nitrogens with two attached hydrogens (primary N) is 1. The number of hydrogen-bond donors (Lipinski definition) is 1. The Kier molecular flexibility index (Phi) is 4.92. The van der Waals surface area contributed by atoms with Crippen molar-refractivity contribution in [2.45, 2.75) is 71.6 Å². The predicted molar refractivity (Wildman–Crippen MR) is 104 cm³/mol. The molecule has 0 saturated heterocycles.